The number of hydrogen-bond acceptors (Lipinski definition) is 3. The molecule has 0 aliphatic carbocycles. The molecule has 4 N–H and O–H groups in total. The molecule has 1 fully saturated rings. The van der Waals surface area contributed by atoms with E-state index in [1.54, 1.807) is 24.3 Å². The van der Waals surface area contributed by atoms with Gasteiger partial charge in [0, 0.05) is 12.2 Å². The normalized spacial score (nSPS) is 18.8. The van der Waals surface area contributed by atoms with Crippen LogP contribution in [0, 0.1) is 5.92 Å². The summed E-state index contributed by atoms with van der Waals surface area (Å²) in [5.74, 6) is -0.265. The van der Waals surface area contributed by atoms with Gasteiger partial charge in [0.15, 0.2) is 0 Å². The number of hydrogen-bond donors (Lipinski definition) is 3. The third-order valence-corrected chi connectivity index (χ3v) is 3.27. The first-order valence-corrected chi connectivity index (χ1v) is 6.54. The highest BCUT2D eigenvalue weighted by atomic mass is 16.2. The molecule has 2 amide bonds. The maximum atomic E-state index is 12.0. The summed E-state index contributed by atoms with van der Waals surface area (Å²) < 4.78 is 0. The molecule has 1 aliphatic heterocycles. The van der Waals surface area contributed by atoms with Crippen LogP contribution in [0.1, 0.15) is 18.4 Å². The predicted octanol–water partition coefficient (Wildman–Crippen LogP) is 0.652. The number of carbonyl (C=O) groups is 2. The lowest BCUT2D eigenvalue weighted by atomic mass is 9.99. The van der Waals surface area contributed by atoms with E-state index in [2.05, 4.69) is 10.6 Å². The molecule has 0 spiro atoms. The number of benzene rings is 1. The highest BCUT2D eigenvalue weighted by molar-refractivity contribution is 5.92. The topological polar surface area (TPSA) is 84.2 Å². The van der Waals surface area contributed by atoms with Gasteiger partial charge in [0.25, 0.3) is 0 Å². The third-order valence-electron chi connectivity index (χ3n) is 3.27. The van der Waals surface area contributed by atoms with Gasteiger partial charge in [0.2, 0.25) is 11.8 Å². The Morgan fingerprint density at radius 1 is 1.32 bits per heavy atom. The van der Waals surface area contributed by atoms with Crippen molar-refractivity contribution in [2.75, 3.05) is 18.4 Å². The van der Waals surface area contributed by atoms with E-state index < -0.39 is 0 Å². The summed E-state index contributed by atoms with van der Waals surface area (Å²) in [6, 6.07) is 7.21. The Balaban J connectivity index is 1.91. The van der Waals surface area contributed by atoms with Gasteiger partial charge < -0.3 is 16.4 Å². The molecule has 5 heteroatoms. The second kappa shape index (κ2) is 6.33. The van der Waals surface area contributed by atoms with Crippen LogP contribution in [0.25, 0.3) is 0 Å². The number of carbonyl (C=O) groups excluding carboxylic acids is 2. The van der Waals surface area contributed by atoms with Crippen LogP contribution in [-0.4, -0.2) is 24.9 Å². The number of nitrogens with one attached hydrogen (secondary N) is 2. The molecule has 1 heterocycles. The molecule has 1 saturated heterocycles. The lowest BCUT2D eigenvalue weighted by molar-refractivity contribution is -0.120. The molecule has 0 saturated carbocycles. The van der Waals surface area contributed by atoms with Crippen molar-refractivity contribution in [1.82, 2.24) is 5.32 Å². The highest BCUT2D eigenvalue weighted by Crippen LogP contribution is 2.15. The van der Waals surface area contributed by atoms with Crippen LogP contribution in [0.15, 0.2) is 24.3 Å². The van der Waals surface area contributed by atoms with Gasteiger partial charge >= 0.3 is 0 Å². The molecule has 19 heavy (non-hydrogen) atoms. The van der Waals surface area contributed by atoms with Crippen LogP contribution in [0.5, 0.6) is 0 Å². The standard InChI is InChI=1S/C14H19N3O2/c15-13(18)8-10-3-5-12(6-4-10)17-14(19)11-2-1-7-16-9-11/h3-6,11,16H,1-2,7-9H2,(H2,15,18)(H,17,19)/t11-/m1/s1. The average Bonchev–Trinajstić information content (AvgIpc) is 2.41. The summed E-state index contributed by atoms with van der Waals surface area (Å²) in [7, 11) is 0. The van der Waals surface area contributed by atoms with Crippen LogP contribution in [-0.2, 0) is 16.0 Å². The smallest absolute Gasteiger partial charge is 0.228 e. The first kappa shape index (κ1) is 13.5. The van der Waals surface area contributed by atoms with E-state index in [1.165, 1.54) is 0 Å². The van der Waals surface area contributed by atoms with Gasteiger partial charge in [0.1, 0.15) is 0 Å². The van der Waals surface area contributed by atoms with Crippen molar-refractivity contribution in [2.24, 2.45) is 11.7 Å². The summed E-state index contributed by atoms with van der Waals surface area (Å²) >= 11 is 0. The molecule has 1 aromatic carbocycles. The minimum absolute atomic E-state index is 0.0408. The van der Waals surface area contributed by atoms with Crippen molar-refractivity contribution in [3.05, 3.63) is 29.8 Å². The molecule has 0 bridgehead atoms. The largest absolute Gasteiger partial charge is 0.369 e. The molecule has 0 aromatic heterocycles. The highest BCUT2D eigenvalue weighted by Gasteiger charge is 2.20. The fraction of sp³-hybridized carbons (Fsp3) is 0.429. The minimum Gasteiger partial charge on any atom is -0.369 e. The summed E-state index contributed by atoms with van der Waals surface area (Å²) in [4.78, 5) is 22.8. The van der Waals surface area contributed by atoms with Crippen LogP contribution >= 0.6 is 0 Å². The molecule has 102 valence electrons. The molecule has 1 atom stereocenters. The lowest BCUT2D eigenvalue weighted by Gasteiger charge is -2.21. The van der Waals surface area contributed by atoms with E-state index in [1.807, 2.05) is 0 Å². The first-order valence-electron chi connectivity index (χ1n) is 6.54. The Hall–Kier alpha value is -1.88. The zero-order valence-electron chi connectivity index (χ0n) is 10.8. The van der Waals surface area contributed by atoms with Crippen molar-refractivity contribution < 1.29 is 9.59 Å². The minimum atomic E-state index is -0.356. The quantitative estimate of drug-likeness (QED) is 0.744. The molecule has 1 aliphatic rings. The number of primary amides is 1. The van der Waals surface area contributed by atoms with Gasteiger partial charge in [-0.1, -0.05) is 12.1 Å². The van der Waals surface area contributed by atoms with Crippen LogP contribution < -0.4 is 16.4 Å². The van der Waals surface area contributed by atoms with E-state index in [9.17, 15) is 9.59 Å². The van der Waals surface area contributed by atoms with Crippen molar-refractivity contribution in [1.29, 1.82) is 0 Å². The van der Waals surface area contributed by atoms with Gasteiger partial charge in [-0.05, 0) is 37.1 Å². The van der Waals surface area contributed by atoms with E-state index in [-0.39, 0.29) is 24.2 Å². The van der Waals surface area contributed by atoms with Gasteiger partial charge in [-0.15, -0.1) is 0 Å². The second-order valence-corrected chi connectivity index (χ2v) is 4.87. The van der Waals surface area contributed by atoms with E-state index >= 15 is 0 Å². The first-order chi connectivity index (χ1) is 9.15. The number of piperidine rings is 1. The lowest BCUT2D eigenvalue weighted by Crippen LogP contribution is -2.37. The fourth-order valence-corrected chi connectivity index (χ4v) is 2.23. The van der Waals surface area contributed by atoms with Crippen LogP contribution in [0.2, 0.25) is 0 Å². The number of amides is 2. The molecular formula is C14H19N3O2. The van der Waals surface area contributed by atoms with Gasteiger partial charge in [0.05, 0.1) is 12.3 Å². The van der Waals surface area contributed by atoms with E-state index in [4.69, 9.17) is 5.73 Å². The van der Waals surface area contributed by atoms with E-state index in [0.29, 0.717) is 0 Å². The molecule has 0 unspecified atom stereocenters. The van der Waals surface area contributed by atoms with Gasteiger partial charge in [-0.25, -0.2) is 0 Å². The molecule has 1 aromatic rings. The zero-order valence-corrected chi connectivity index (χ0v) is 10.8. The van der Waals surface area contributed by atoms with Crippen LogP contribution in [0.4, 0.5) is 5.69 Å². The molecule has 2 rings (SSSR count). The van der Waals surface area contributed by atoms with Crippen molar-refractivity contribution >= 4 is 17.5 Å². The Bertz CT molecular complexity index is 450. The molecule has 5 nitrogen and oxygen atoms in total. The number of nitrogens with two attached hydrogens (primary N) is 1. The summed E-state index contributed by atoms with van der Waals surface area (Å²) in [5, 5.41) is 6.12. The summed E-state index contributed by atoms with van der Waals surface area (Å²) in [5.41, 5.74) is 6.73. The Kier molecular flexibility index (Phi) is 4.52. The maximum absolute atomic E-state index is 12.0. The van der Waals surface area contributed by atoms with Gasteiger partial charge in [-0.2, -0.15) is 0 Å². The average molecular weight is 261 g/mol. The molecular weight excluding hydrogens is 242 g/mol. The monoisotopic (exact) mass is 261 g/mol. The van der Waals surface area contributed by atoms with Crippen molar-refractivity contribution in [3.8, 4) is 0 Å². The SMILES string of the molecule is NC(=O)Cc1ccc(NC(=O)[C@@H]2CCCNC2)cc1. The summed E-state index contributed by atoms with van der Waals surface area (Å²) in [6.45, 7) is 1.73. The molecule has 0 radical (unpaired) electrons. The van der Waals surface area contributed by atoms with E-state index in [0.717, 1.165) is 37.2 Å². The van der Waals surface area contributed by atoms with Crippen molar-refractivity contribution in [3.63, 3.8) is 0 Å². The van der Waals surface area contributed by atoms with Gasteiger partial charge in [-0.3, -0.25) is 9.59 Å². The Morgan fingerprint density at radius 3 is 2.63 bits per heavy atom. The fourth-order valence-electron chi connectivity index (χ4n) is 2.23. The Labute approximate surface area is 112 Å². The number of rotatable bonds is 4. The maximum Gasteiger partial charge on any atom is 0.228 e. The number of anilines is 1. The van der Waals surface area contributed by atoms with Crippen molar-refractivity contribution in [2.45, 2.75) is 19.3 Å². The van der Waals surface area contributed by atoms with Crippen LogP contribution in [0.3, 0.4) is 0 Å². The second-order valence-electron chi connectivity index (χ2n) is 4.87. The third kappa shape index (κ3) is 4.06. The Morgan fingerprint density at radius 2 is 2.05 bits per heavy atom. The summed E-state index contributed by atoms with van der Waals surface area (Å²) in [6.07, 6.45) is 2.19. The predicted molar refractivity (Wildman–Crippen MR) is 73.6 cm³/mol. The zero-order chi connectivity index (χ0) is 13.7.